The van der Waals surface area contributed by atoms with Gasteiger partial charge in [0.05, 0.1) is 6.20 Å². The van der Waals surface area contributed by atoms with Gasteiger partial charge >= 0.3 is 0 Å². The van der Waals surface area contributed by atoms with Crippen LogP contribution in [0.15, 0.2) is 35.3 Å². The molecule has 25 heavy (non-hydrogen) atoms. The van der Waals surface area contributed by atoms with Crippen molar-refractivity contribution in [2.75, 3.05) is 6.54 Å². The van der Waals surface area contributed by atoms with Crippen LogP contribution < -0.4 is 10.9 Å². The minimum atomic E-state index is -1.03. The Morgan fingerprint density at radius 3 is 2.60 bits per heavy atom. The van der Waals surface area contributed by atoms with Crippen molar-refractivity contribution in [1.29, 1.82) is 0 Å². The van der Waals surface area contributed by atoms with Crippen LogP contribution >= 0.6 is 0 Å². The first-order chi connectivity index (χ1) is 11.9. The molecule has 0 aliphatic heterocycles. The van der Waals surface area contributed by atoms with Crippen LogP contribution in [0.5, 0.6) is 0 Å². The second-order valence-electron chi connectivity index (χ2n) is 6.82. The number of nitrogens with one attached hydrogen (secondary N) is 2. The molecule has 0 bridgehead atoms. The molecule has 1 aliphatic carbocycles. The number of hydrogen-bond donors (Lipinski definition) is 2. The predicted molar refractivity (Wildman–Crippen MR) is 88.1 cm³/mol. The zero-order valence-corrected chi connectivity index (χ0v) is 13.8. The average Bonchev–Trinajstić information content (AvgIpc) is 3.43. The Hall–Kier alpha value is -2.57. The van der Waals surface area contributed by atoms with Gasteiger partial charge in [-0.3, -0.25) is 14.6 Å². The minimum Gasteiger partial charge on any atom is -0.349 e. The highest BCUT2D eigenvalue weighted by Crippen LogP contribution is 2.47. The summed E-state index contributed by atoms with van der Waals surface area (Å²) >= 11 is 0. The van der Waals surface area contributed by atoms with Crippen molar-refractivity contribution < 1.29 is 13.6 Å². The lowest BCUT2D eigenvalue weighted by Gasteiger charge is -2.30. The third-order valence-corrected chi connectivity index (χ3v) is 4.71. The van der Waals surface area contributed by atoms with E-state index in [1.165, 1.54) is 12.1 Å². The number of halogens is 2. The minimum absolute atomic E-state index is 0.187. The van der Waals surface area contributed by atoms with E-state index in [9.17, 15) is 18.4 Å². The summed E-state index contributed by atoms with van der Waals surface area (Å²) in [5.41, 5.74) is -0.164. The summed E-state index contributed by atoms with van der Waals surface area (Å²) in [5.74, 6) is -1.61. The number of rotatable bonds is 6. The summed E-state index contributed by atoms with van der Waals surface area (Å²) in [6.07, 6.45) is 3.59. The quantitative estimate of drug-likeness (QED) is 0.843. The molecule has 1 aromatic heterocycles. The summed E-state index contributed by atoms with van der Waals surface area (Å²) in [5, 5.41) is 2.77. The molecule has 2 aromatic rings. The molecule has 1 heterocycles. The van der Waals surface area contributed by atoms with E-state index in [1.807, 2.05) is 0 Å². The van der Waals surface area contributed by atoms with Crippen LogP contribution in [-0.2, 0) is 6.42 Å². The highest BCUT2D eigenvalue weighted by molar-refractivity contribution is 5.90. The van der Waals surface area contributed by atoms with Crippen LogP contribution in [0.1, 0.15) is 35.9 Å². The fraction of sp³-hybridized carbons (Fsp3) is 0.389. The number of aromatic amines is 1. The zero-order chi connectivity index (χ0) is 18.0. The third kappa shape index (κ3) is 4.10. The zero-order valence-electron chi connectivity index (χ0n) is 13.8. The molecule has 2 N–H and O–H groups in total. The van der Waals surface area contributed by atoms with Gasteiger partial charge in [0, 0.05) is 6.54 Å². The monoisotopic (exact) mass is 347 g/mol. The Kier molecular flexibility index (Phi) is 4.65. The number of carbonyl (C=O) groups is 1. The van der Waals surface area contributed by atoms with Crippen molar-refractivity contribution in [3.63, 3.8) is 0 Å². The van der Waals surface area contributed by atoms with Gasteiger partial charge in [-0.05, 0) is 48.3 Å². The van der Waals surface area contributed by atoms with Gasteiger partial charge in [0.15, 0.2) is 5.82 Å². The van der Waals surface area contributed by atoms with Gasteiger partial charge in [-0.25, -0.2) is 9.37 Å². The first-order valence-corrected chi connectivity index (χ1v) is 8.15. The van der Waals surface area contributed by atoms with Crippen molar-refractivity contribution in [3.05, 3.63) is 63.8 Å². The molecule has 0 radical (unpaired) electrons. The van der Waals surface area contributed by atoms with Gasteiger partial charge in [0.25, 0.3) is 11.5 Å². The summed E-state index contributed by atoms with van der Waals surface area (Å²) < 4.78 is 26.0. The molecule has 0 spiro atoms. The molecule has 5 nitrogen and oxygen atoms in total. The Morgan fingerprint density at radius 1 is 1.32 bits per heavy atom. The number of carbonyl (C=O) groups excluding carboxylic acids is 1. The molecule has 1 amide bonds. The molecule has 1 saturated carbocycles. The Labute approximate surface area is 143 Å². The maximum absolute atomic E-state index is 13.1. The van der Waals surface area contributed by atoms with Crippen molar-refractivity contribution in [2.24, 2.45) is 11.3 Å². The van der Waals surface area contributed by atoms with Crippen LogP contribution in [-0.4, -0.2) is 22.4 Å². The number of amides is 1. The molecule has 0 saturated heterocycles. The number of hydrogen-bond acceptors (Lipinski definition) is 3. The lowest BCUT2D eigenvalue weighted by molar-refractivity contribution is 0.0915. The van der Waals surface area contributed by atoms with Crippen molar-refractivity contribution in [2.45, 2.75) is 26.2 Å². The smallest absolute Gasteiger partial charge is 0.287 e. The predicted octanol–water partition coefficient (Wildman–Crippen LogP) is 2.44. The first kappa shape index (κ1) is 17.3. The number of H-pyrrole nitrogens is 1. The fourth-order valence-electron chi connectivity index (χ4n) is 3.06. The normalized spacial score (nSPS) is 16.3. The van der Waals surface area contributed by atoms with E-state index in [4.69, 9.17) is 0 Å². The number of benzene rings is 1. The van der Waals surface area contributed by atoms with Crippen LogP contribution in [0.4, 0.5) is 8.78 Å². The van der Waals surface area contributed by atoms with Crippen LogP contribution in [0, 0.1) is 23.0 Å². The standard InChI is InChI=1S/C18H19F2N3O2/c1-18(12-4-5-12,8-11-2-6-13(19)7-3-11)10-22-17(25)15-21-9-14(20)16(24)23-15/h2-3,6-7,9,12H,4-5,8,10H2,1H3,(H,22,25)(H,21,23,24)/t18-/m1/s1. The lowest BCUT2D eigenvalue weighted by Crippen LogP contribution is -2.39. The summed E-state index contributed by atoms with van der Waals surface area (Å²) in [7, 11) is 0. The highest BCUT2D eigenvalue weighted by Gasteiger charge is 2.41. The van der Waals surface area contributed by atoms with Gasteiger partial charge in [-0.15, -0.1) is 0 Å². The molecule has 132 valence electrons. The van der Waals surface area contributed by atoms with E-state index >= 15 is 0 Å². The molecule has 3 rings (SSSR count). The first-order valence-electron chi connectivity index (χ1n) is 8.15. The Bertz CT molecular complexity index is 831. The third-order valence-electron chi connectivity index (χ3n) is 4.71. The van der Waals surface area contributed by atoms with E-state index in [0.29, 0.717) is 18.9 Å². The molecule has 0 unspecified atom stereocenters. The summed E-state index contributed by atoms with van der Waals surface area (Å²) in [6, 6.07) is 6.34. The summed E-state index contributed by atoms with van der Waals surface area (Å²) in [6.45, 7) is 2.46. The number of nitrogens with zero attached hydrogens (tertiary/aromatic N) is 1. The van der Waals surface area contributed by atoms with E-state index in [1.54, 1.807) is 12.1 Å². The molecule has 7 heteroatoms. The van der Waals surface area contributed by atoms with Gasteiger partial charge in [0.2, 0.25) is 5.82 Å². The van der Waals surface area contributed by atoms with Crippen LogP contribution in [0.25, 0.3) is 0 Å². The Balaban J connectivity index is 1.69. The summed E-state index contributed by atoms with van der Waals surface area (Å²) in [4.78, 5) is 29.2. The second kappa shape index (κ2) is 6.74. The van der Waals surface area contributed by atoms with E-state index in [-0.39, 0.29) is 17.1 Å². The van der Waals surface area contributed by atoms with Gasteiger partial charge in [-0.1, -0.05) is 19.1 Å². The maximum atomic E-state index is 13.1. The van der Waals surface area contributed by atoms with Crippen molar-refractivity contribution in [1.82, 2.24) is 15.3 Å². The largest absolute Gasteiger partial charge is 0.349 e. The van der Waals surface area contributed by atoms with Crippen LogP contribution in [0.2, 0.25) is 0 Å². The van der Waals surface area contributed by atoms with Crippen LogP contribution in [0.3, 0.4) is 0 Å². The van der Waals surface area contributed by atoms with E-state index in [2.05, 4.69) is 22.2 Å². The molecular weight excluding hydrogens is 328 g/mol. The van der Waals surface area contributed by atoms with Gasteiger partial charge in [-0.2, -0.15) is 4.39 Å². The highest BCUT2D eigenvalue weighted by atomic mass is 19.1. The molecule has 1 fully saturated rings. The SMILES string of the molecule is C[C@](CNC(=O)c1ncc(F)c(=O)[nH]1)(Cc1ccc(F)cc1)C1CC1. The molecule has 1 aliphatic rings. The fourth-order valence-corrected chi connectivity index (χ4v) is 3.06. The van der Waals surface area contributed by atoms with Gasteiger partial charge in [0.1, 0.15) is 5.82 Å². The Morgan fingerprint density at radius 2 is 2.00 bits per heavy atom. The lowest BCUT2D eigenvalue weighted by atomic mass is 9.79. The van der Waals surface area contributed by atoms with E-state index in [0.717, 1.165) is 24.6 Å². The topological polar surface area (TPSA) is 74.8 Å². The van der Waals surface area contributed by atoms with Crippen molar-refractivity contribution in [3.8, 4) is 0 Å². The maximum Gasteiger partial charge on any atom is 0.287 e. The average molecular weight is 347 g/mol. The second-order valence-corrected chi connectivity index (χ2v) is 6.82. The van der Waals surface area contributed by atoms with Crippen molar-refractivity contribution >= 4 is 5.91 Å². The molecule has 1 atom stereocenters. The molecule has 1 aromatic carbocycles. The van der Waals surface area contributed by atoms with Gasteiger partial charge < -0.3 is 5.32 Å². The van der Waals surface area contributed by atoms with E-state index < -0.39 is 17.3 Å². The number of aromatic nitrogens is 2. The molecular formula is C18H19F2N3O2.